The molecule has 0 aliphatic heterocycles. The van der Waals surface area contributed by atoms with Gasteiger partial charge in [0.1, 0.15) is 24.7 Å². The van der Waals surface area contributed by atoms with Crippen LogP contribution in [0.25, 0.3) is 0 Å². The fourth-order valence-electron chi connectivity index (χ4n) is 2.09. The lowest BCUT2D eigenvalue weighted by atomic mass is 10.1. The van der Waals surface area contributed by atoms with Crippen LogP contribution in [0.15, 0.2) is 34.9 Å². The third-order valence-corrected chi connectivity index (χ3v) is 3.15. The molecule has 0 saturated heterocycles. The van der Waals surface area contributed by atoms with Gasteiger partial charge in [-0.25, -0.2) is 0 Å². The number of ether oxygens (including phenoxy) is 2. The van der Waals surface area contributed by atoms with E-state index in [0.717, 1.165) is 18.0 Å². The van der Waals surface area contributed by atoms with Crippen LogP contribution in [-0.2, 0) is 18.0 Å². The summed E-state index contributed by atoms with van der Waals surface area (Å²) in [6, 6.07) is 10.2. The van der Waals surface area contributed by atoms with Crippen molar-refractivity contribution in [2.75, 3.05) is 13.7 Å². The Labute approximate surface area is 125 Å². The summed E-state index contributed by atoms with van der Waals surface area (Å²) in [4.78, 5) is 0. The molecule has 1 aromatic heterocycles. The molecule has 1 aromatic carbocycles. The molecule has 2 aromatic rings. The van der Waals surface area contributed by atoms with Crippen LogP contribution in [0.2, 0.25) is 0 Å². The van der Waals surface area contributed by atoms with Crippen LogP contribution >= 0.6 is 0 Å². The molecule has 0 spiro atoms. The summed E-state index contributed by atoms with van der Waals surface area (Å²) in [5, 5.41) is 7.33. The number of rotatable bonds is 8. The number of nitrogens with zero attached hydrogens (tertiary/aromatic N) is 1. The smallest absolute Gasteiger partial charge is 0.162 e. The van der Waals surface area contributed by atoms with Crippen LogP contribution in [0.1, 0.15) is 36.9 Å². The minimum Gasteiger partial charge on any atom is -0.487 e. The van der Waals surface area contributed by atoms with Gasteiger partial charge in [0.05, 0.1) is 0 Å². The molecule has 114 valence electrons. The summed E-state index contributed by atoms with van der Waals surface area (Å²) < 4.78 is 15.9. The highest BCUT2D eigenvalue weighted by molar-refractivity contribution is 5.30. The van der Waals surface area contributed by atoms with E-state index in [9.17, 15) is 0 Å². The lowest BCUT2D eigenvalue weighted by Crippen LogP contribution is -2.17. The molecule has 21 heavy (non-hydrogen) atoms. The van der Waals surface area contributed by atoms with Gasteiger partial charge in [0.15, 0.2) is 5.76 Å². The molecule has 5 nitrogen and oxygen atoms in total. The van der Waals surface area contributed by atoms with Crippen LogP contribution < -0.4 is 10.1 Å². The summed E-state index contributed by atoms with van der Waals surface area (Å²) in [5.74, 6) is 1.53. The van der Waals surface area contributed by atoms with Gasteiger partial charge in [0.2, 0.25) is 0 Å². The molecule has 1 atom stereocenters. The Bertz CT molecular complexity index is 554. The predicted molar refractivity (Wildman–Crippen MR) is 80.1 cm³/mol. The zero-order valence-corrected chi connectivity index (χ0v) is 12.8. The molecule has 5 heteroatoms. The largest absolute Gasteiger partial charge is 0.487 e. The van der Waals surface area contributed by atoms with E-state index >= 15 is 0 Å². The van der Waals surface area contributed by atoms with Crippen LogP contribution in [0.5, 0.6) is 5.75 Å². The lowest BCUT2D eigenvalue weighted by molar-refractivity contribution is 0.155. The maximum absolute atomic E-state index is 5.76. The fourth-order valence-corrected chi connectivity index (χ4v) is 2.09. The molecule has 0 aliphatic carbocycles. The quantitative estimate of drug-likeness (QED) is 0.809. The number of hydrogen-bond acceptors (Lipinski definition) is 5. The van der Waals surface area contributed by atoms with E-state index in [-0.39, 0.29) is 0 Å². The fraction of sp³-hybridized carbons (Fsp3) is 0.438. The first-order valence-corrected chi connectivity index (χ1v) is 7.12. The van der Waals surface area contributed by atoms with Crippen molar-refractivity contribution in [3.8, 4) is 5.75 Å². The Morgan fingerprint density at radius 1 is 1.29 bits per heavy atom. The van der Waals surface area contributed by atoms with Crippen LogP contribution in [-0.4, -0.2) is 18.8 Å². The van der Waals surface area contributed by atoms with Crippen LogP contribution in [0, 0.1) is 0 Å². The molecular weight excluding hydrogens is 268 g/mol. The Hall–Kier alpha value is -1.85. The Morgan fingerprint density at radius 3 is 2.90 bits per heavy atom. The van der Waals surface area contributed by atoms with Crippen molar-refractivity contribution < 1.29 is 14.0 Å². The molecule has 1 N–H and O–H groups in total. The average molecular weight is 290 g/mol. The minimum atomic E-state index is 0.305. The van der Waals surface area contributed by atoms with Crippen molar-refractivity contribution in [2.45, 2.75) is 33.1 Å². The summed E-state index contributed by atoms with van der Waals surface area (Å²) >= 11 is 0. The highest BCUT2D eigenvalue weighted by Gasteiger charge is 2.07. The van der Waals surface area contributed by atoms with E-state index in [1.54, 1.807) is 7.11 Å². The van der Waals surface area contributed by atoms with Gasteiger partial charge in [-0.05, 0) is 31.2 Å². The van der Waals surface area contributed by atoms with E-state index < -0.39 is 0 Å². The summed E-state index contributed by atoms with van der Waals surface area (Å²) in [6.07, 6.45) is 0. The number of hydrogen-bond donors (Lipinski definition) is 1. The molecule has 0 aliphatic rings. The number of methoxy groups -OCH3 is 1. The van der Waals surface area contributed by atoms with Gasteiger partial charge in [0.25, 0.3) is 0 Å². The zero-order valence-electron chi connectivity index (χ0n) is 12.8. The molecule has 1 unspecified atom stereocenters. The second-order valence-electron chi connectivity index (χ2n) is 4.86. The molecule has 0 fully saturated rings. The maximum atomic E-state index is 5.76. The van der Waals surface area contributed by atoms with Gasteiger partial charge < -0.3 is 19.3 Å². The van der Waals surface area contributed by atoms with Crippen molar-refractivity contribution >= 4 is 0 Å². The predicted octanol–water partition coefficient (Wildman–Crippen LogP) is 3.07. The molecular formula is C16H22N2O3. The van der Waals surface area contributed by atoms with Gasteiger partial charge in [0, 0.05) is 19.2 Å². The number of nitrogens with one attached hydrogen (secondary N) is 1. The van der Waals surface area contributed by atoms with Gasteiger partial charge in [-0.3, -0.25) is 0 Å². The summed E-state index contributed by atoms with van der Waals surface area (Å²) in [5.41, 5.74) is 1.96. The second kappa shape index (κ2) is 7.81. The van der Waals surface area contributed by atoms with E-state index in [1.165, 1.54) is 5.56 Å². The van der Waals surface area contributed by atoms with Crippen molar-refractivity contribution in [3.63, 3.8) is 0 Å². The van der Waals surface area contributed by atoms with Gasteiger partial charge in [-0.1, -0.05) is 24.2 Å². The Morgan fingerprint density at radius 2 is 2.14 bits per heavy atom. The first kappa shape index (κ1) is 15.5. The molecule has 0 amide bonds. The maximum Gasteiger partial charge on any atom is 0.162 e. The van der Waals surface area contributed by atoms with Gasteiger partial charge in [-0.15, -0.1) is 0 Å². The highest BCUT2D eigenvalue weighted by atomic mass is 16.5. The molecule has 0 bridgehead atoms. The van der Waals surface area contributed by atoms with Crippen molar-refractivity contribution in [2.24, 2.45) is 0 Å². The molecule has 0 saturated carbocycles. The topological polar surface area (TPSA) is 56.5 Å². The highest BCUT2D eigenvalue weighted by Crippen LogP contribution is 2.20. The SMILES string of the molecule is CCNC(C)c1cccc(OCc2cc(COC)on2)c1. The van der Waals surface area contributed by atoms with Crippen LogP contribution in [0.4, 0.5) is 0 Å². The monoisotopic (exact) mass is 290 g/mol. The molecule has 0 radical (unpaired) electrons. The van der Waals surface area contributed by atoms with E-state index in [2.05, 4.69) is 30.4 Å². The van der Waals surface area contributed by atoms with E-state index in [0.29, 0.717) is 25.0 Å². The first-order valence-electron chi connectivity index (χ1n) is 7.12. The standard InChI is InChI=1S/C16H22N2O3/c1-4-17-12(2)13-6-5-7-15(8-13)20-10-14-9-16(11-19-3)21-18-14/h5-9,12,17H,4,10-11H2,1-3H3. The summed E-state index contributed by atoms with van der Waals surface area (Å²) in [7, 11) is 1.62. The first-order chi connectivity index (χ1) is 10.2. The zero-order chi connectivity index (χ0) is 15.1. The van der Waals surface area contributed by atoms with E-state index in [1.807, 2.05) is 24.3 Å². The van der Waals surface area contributed by atoms with Crippen LogP contribution in [0.3, 0.4) is 0 Å². The van der Waals surface area contributed by atoms with Gasteiger partial charge >= 0.3 is 0 Å². The minimum absolute atomic E-state index is 0.305. The van der Waals surface area contributed by atoms with E-state index in [4.69, 9.17) is 14.0 Å². The second-order valence-corrected chi connectivity index (χ2v) is 4.86. The normalized spacial score (nSPS) is 12.3. The Balaban J connectivity index is 1.94. The number of aromatic nitrogens is 1. The third kappa shape index (κ3) is 4.58. The third-order valence-electron chi connectivity index (χ3n) is 3.15. The molecule has 2 rings (SSSR count). The Kier molecular flexibility index (Phi) is 5.78. The molecule has 1 heterocycles. The van der Waals surface area contributed by atoms with Crippen molar-refractivity contribution in [1.29, 1.82) is 0 Å². The average Bonchev–Trinajstić information content (AvgIpc) is 2.94. The van der Waals surface area contributed by atoms with Gasteiger partial charge in [-0.2, -0.15) is 0 Å². The van der Waals surface area contributed by atoms with Crippen molar-refractivity contribution in [1.82, 2.24) is 10.5 Å². The summed E-state index contributed by atoms with van der Waals surface area (Å²) in [6.45, 7) is 5.97. The van der Waals surface area contributed by atoms with Crippen molar-refractivity contribution in [3.05, 3.63) is 47.3 Å². The number of benzene rings is 1. The lowest BCUT2D eigenvalue weighted by Gasteiger charge is -2.14.